The average Bonchev–Trinajstić information content (AvgIpc) is 3.26. The fourth-order valence-corrected chi connectivity index (χ4v) is 4.78. The minimum Gasteiger partial charge on any atom is -0.486 e. The Morgan fingerprint density at radius 3 is 2.58 bits per heavy atom. The molecule has 1 amide bonds. The molecule has 0 saturated carbocycles. The minimum absolute atomic E-state index is 0.161. The number of nitrogens with zero attached hydrogens (tertiary/aromatic N) is 3. The third-order valence-corrected chi connectivity index (χ3v) is 7.12. The van der Waals surface area contributed by atoms with Gasteiger partial charge in [0.15, 0.2) is 11.5 Å². The Bertz CT molecular complexity index is 1180. The van der Waals surface area contributed by atoms with Crippen molar-refractivity contribution >= 4 is 38.1 Å². The molecule has 0 atom stereocenters. The molecule has 0 saturated heterocycles. The number of sulfonamides is 1. The molecule has 1 N–H and O–H groups in total. The fraction of sp³-hybridized carbons (Fsp3) is 0.250. The number of hydrogen-bond acceptors (Lipinski definition) is 8. The monoisotopic (exact) mass is 460 g/mol. The van der Waals surface area contributed by atoms with Gasteiger partial charge >= 0.3 is 0 Å². The van der Waals surface area contributed by atoms with Crippen LogP contribution in [-0.2, 0) is 14.8 Å². The van der Waals surface area contributed by atoms with Gasteiger partial charge < -0.3 is 9.47 Å². The molecule has 3 aromatic rings. The van der Waals surface area contributed by atoms with Crippen LogP contribution in [0.2, 0.25) is 0 Å². The zero-order valence-corrected chi connectivity index (χ0v) is 18.3. The first-order valence-corrected chi connectivity index (χ1v) is 12.0. The highest BCUT2D eigenvalue weighted by Gasteiger charge is 2.26. The summed E-state index contributed by atoms with van der Waals surface area (Å²) in [6.07, 6.45) is 0. The summed E-state index contributed by atoms with van der Waals surface area (Å²) in [5.41, 5.74) is 1.20. The average molecular weight is 461 g/mol. The van der Waals surface area contributed by atoms with E-state index < -0.39 is 22.5 Å². The molecule has 162 valence electrons. The molecule has 2 heterocycles. The summed E-state index contributed by atoms with van der Waals surface area (Å²) < 4.78 is 37.5. The van der Waals surface area contributed by atoms with Gasteiger partial charge in [0.2, 0.25) is 21.1 Å². The zero-order chi connectivity index (χ0) is 21.8. The molecule has 0 spiro atoms. The van der Waals surface area contributed by atoms with Crippen LogP contribution in [0.4, 0.5) is 10.8 Å². The summed E-state index contributed by atoms with van der Waals surface area (Å²) in [6.45, 7) is 1.92. The predicted octanol–water partition coefficient (Wildman–Crippen LogP) is 2.77. The molecule has 1 aliphatic heterocycles. The highest BCUT2D eigenvalue weighted by atomic mass is 32.2. The summed E-state index contributed by atoms with van der Waals surface area (Å²) in [6, 6.07) is 14.2. The van der Waals surface area contributed by atoms with E-state index in [4.69, 9.17) is 9.47 Å². The number of ether oxygens (including phenoxy) is 2. The standard InChI is InChI=1S/C20H20N4O5S2/c1-2-31(26,27)24(15-8-9-16-17(12-15)29-11-10-28-16)13-18(25)21-20-23-22-19(30-20)14-6-4-3-5-7-14/h3-9,12H,2,10-11,13H2,1H3,(H,21,23,25). The van der Waals surface area contributed by atoms with Crippen molar-refractivity contribution in [2.75, 3.05) is 35.1 Å². The van der Waals surface area contributed by atoms with Crippen LogP contribution in [0, 0.1) is 0 Å². The Morgan fingerprint density at radius 2 is 1.84 bits per heavy atom. The summed E-state index contributed by atoms with van der Waals surface area (Å²) in [5, 5.41) is 11.6. The van der Waals surface area contributed by atoms with Gasteiger partial charge in [-0.15, -0.1) is 10.2 Å². The van der Waals surface area contributed by atoms with Gasteiger partial charge in [-0.05, 0) is 19.1 Å². The number of carbonyl (C=O) groups is 1. The highest BCUT2D eigenvalue weighted by Crippen LogP contribution is 2.35. The second-order valence-corrected chi connectivity index (χ2v) is 9.72. The lowest BCUT2D eigenvalue weighted by Crippen LogP contribution is -2.39. The molecule has 4 rings (SSSR count). The highest BCUT2D eigenvalue weighted by molar-refractivity contribution is 7.92. The van der Waals surface area contributed by atoms with Crippen molar-refractivity contribution in [3.8, 4) is 22.1 Å². The van der Waals surface area contributed by atoms with Crippen LogP contribution in [-0.4, -0.2) is 50.0 Å². The summed E-state index contributed by atoms with van der Waals surface area (Å²) in [5.74, 6) is 0.293. The zero-order valence-electron chi connectivity index (χ0n) is 16.6. The van der Waals surface area contributed by atoms with Crippen LogP contribution in [0.1, 0.15) is 6.92 Å². The molecule has 9 nitrogen and oxygen atoms in total. The number of fused-ring (bicyclic) bond motifs is 1. The number of benzene rings is 2. The van der Waals surface area contributed by atoms with Gasteiger partial charge in [0.05, 0.1) is 11.4 Å². The molecule has 0 aliphatic carbocycles. The Kier molecular flexibility index (Phi) is 6.05. The van der Waals surface area contributed by atoms with E-state index in [1.165, 1.54) is 18.3 Å². The van der Waals surface area contributed by atoms with Gasteiger partial charge in [0, 0.05) is 11.6 Å². The predicted molar refractivity (Wildman–Crippen MR) is 118 cm³/mol. The second-order valence-electron chi connectivity index (χ2n) is 6.56. The van der Waals surface area contributed by atoms with E-state index in [0.717, 1.165) is 9.87 Å². The van der Waals surface area contributed by atoms with E-state index in [1.807, 2.05) is 30.3 Å². The summed E-state index contributed by atoms with van der Waals surface area (Å²) >= 11 is 1.21. The molecule has 31 heavy (non-hydrogen) atoms. The lowest BCUT2D eigenvalue weighted by molar-refractivity contribution is -0.114. The van der Waals surface area contributed by atoms with Crippen molar-refractivity contribution < 1.29 is 22.7 Å². The van der Waals surface area contributed by atoms with E-state index in [0.29, 0.717) is 40.5 Å². The van der Waals surface area contributed by atoms with Crippen LogP contribution < -0.4 is 19.1 Å². The number of rotatable bonds is 7. The quantitative estimate of drug-likeness (QED) is 0.577. The van der Waals surface area contributed by atoms with Crippen LogP contribution in [0.3, 0.4) is 0 Å². The van der Waals surface area contributed by atoms with Crippen molar-refractivity contribution in [2.24, 2.45) is 0 Å². The maximum Gasteiger partial charge on any atom is 0.246 e. The maximum atomic E-state index is 12.7. The summed E-state index contributed by atoms with van der Waals surface area (Å²) in [7, 11) is -3.72. The van der Waals surface area contributed by atoms with Gasteiger partial charge in [-0.1, -0.05) is 41.7 Å². The number of hydrogen-bond donors (Lipinski definition) is 1. The van der Waals surface area contributed by atoms with Gasteiger partial charge in [-0.2, -0.15) is 0 Å². The summed E-state index contributed by atoms with van der Waals surface area (Å²) in [4.78, 5) is 12.7. The van der Waals surface area contributed by atoms with E-state index in [1.54, 1.807) is 18.2 Å². The molecule has 1 aliphatic rings. The molecule has 2 aromatic carbocycles. The van der Waals surface area contributed by atoms with Gasteiger partial charge in [0.25, 0.3) is 0 Å². The fourth-order valence-electron chi connectivity index (χ4n) is 2.95. The molecule has 0 radical (unpaired) electrons. The van der Waals surface area contributed by atoms with Crippen LogP contribution in [0.15, 0.2) is 48.5 Å². The van der Waals surface area contributed by atoms with Crippen molar-refractivity contribution in [1.82, 2.24) is 10.2 Å². The number of aromatic nitrogens is 2. The van der Waals surface area contributed by atoms with Crippen molar-refractivity contribution in [2.45, 2.75) is 6.92 Å². The lowest BCUT2D eigenvalue weighted by Gasteiger charge is -2.25. The van der Waals surface area contributed by atoms with E-state index in [-0.39, 0.29) is 5.75 Å². The molecule has 0 bridgehead atoms. The van der Waals surface area contributed by atoms with E-state index >= 15 is 0 Å². The molecular formula is C20H20N4O5S2. The van der Waals surface area contributed by atoms with Gasteiger partial charge in [-0.25, -0.2) is 8.42 Å². The maximum absolute atomic E-state index is 12.7. The number of nitrogens with one attached hydrogen (secondary N) is 1. The molecular weight excluding hydrogens is 440 g/mol. The van der Waals surface area contributed by atoms with Crippen LogP contribution in [0.5, 0.6) is 11.5 Å². The molecule has 1 aromatic heterocycles. The van der Waals surface area contributed by atoms with Crippen molar-refractivity contribution in [3.63, 3.8) is 0 Å². The number of carbonyl (C=O) groups excluding carboxylic acids is 1. The number of amides is 1. The smallest absolute Gasteiger partial charge is 0.246 e. The number of anilines is 2. The minimum atomic E-state index is -3.72. The van der Waals surface area contributed by atoms with Crippen LogP contribution >= 0.6 is 11.3 Å². The molecule has 11 heteroatoms. The largest absolute Gasteiger partial charge is 0.486 e. The molecule has 0 unspecified atom stereocenters. The first-order chi connectivity index (χ1) is 15.0. The van der Waals surface area contributed by atoms with Crippen LogP contribution in [0.25, 0.3) is 10.6 Å². The third-order valence-electron chi connectivity index (χ3n) is 4.49. The Hall–Kier alpha value is -3.18. The third kappa shape index (κ3) is 4.78. The van der Waals surface area contributed by atoms with Gasteiger partial charge in [0.1, 0.15) is 24.8 Å². The Morgan fingerprint density at radius 1 is 1.10 bits per heavy atom. The SMILES string of the molecule is CCS(=O)(=O)N(CC(=O)Nc1nnc(-c2ccccc2)s1)c1ccc2c(c1)OCCO2. The second kappa shape index (κ2) is 8.90. The van der Waals surface area contributed by atoms with E-state index in [2.05, 4.69) is 15.5 Å². The van der Waals surface area contributed by atoms with Gasteiger partial charge in [-0.3, -0.25) is 14.4 Å². The normalized spacial score (nSPS) is 12.9. The van der Waals surface area contributed by atoms with Crippen molar-refractivity contribution in [1.29, 1.82) is 0 Å². The lowest BCUT2D eigenvalue weighted by atomic mass is 10.2. The van der Waals surface area contributed by atoms with Crippen molar-refractivity contribution in [3.05, 3.63) is 48.5 Å². The Balaban J connectivity index is 1.53. The Labute approximate surface area is 183 Å². The topological polar surface area (TPSA) is 111 Å². The first kappa shape index (κ1) is 21.1. The first-order valence-electron chi connectivity index (χ1n) is 9.55. The van der Waals surface area contributed by atoms with E-state index in [9.17, 15) is 13.2 Å². The molecule has 0 fully saturated rings.